The van der Waals surface area contributed by atoms with E-state index < -0.39 is 6.10 Å². The maximum atomic E-state index is 13.2. The van der Waals surface area contributed by atoms with Crippen LogP contribution in [0.15, 0.2) is 67.0 Å². The van der Waals surface area contributed by atoms with Crippen LogP contribution in [0, 0.1) is 12.8 Å². The van der Waals surface area contributed by atoms with Crippen LogP contribution >= 0.6 is 0 Å². The monoisotopic (exact) mass is 483 g/mol. The van der Waals surface area contributed by atoms with Crippen LogP contribution in [0.5, 0.6) is 5.75 Å². The van der Waals surface area contributed by atoms with Crippen molar-refractivity contribution in [1.82, 2.24) is 15.2 Å². The summed E-state index contributed by atoms with van der Waals surface area (Å²) in [7, 11) is 0. The number of hydrogen-bond donors (Lipinski definition) is 1. The number of fused-ring (bicyclic) bond motifs is 1. The molecule has 2 heterocycles. The number of amides is 2. The molecule has 1 aliphatic heterocycles. The van der Waals surface area contributed by atoms with Crippen LogP contribution in [0.25, 0.3) is 0 Å². The minimum absolute atomic E-state index is 0.148. The third kappa shape index (κ3) is 5.27. The van der Waals surface area contributed by atoms with Gasteiger partial charge in [-0.05, 0) is 73.1 Å². The third-order valence-electron chi connectivity index (χ3n) is 7.08. The summed E-state index contributed by atoms with van der Waals surface area (Å²) in [6, 6.07) is 18.1. The fourth-order valence-electron chi connectivity index (χ4n) is 4.87. The molecule has 1 aromatic heterocycles. The van der Waals surface area contributed by atoms with Gasteiger partial charge in [-0.2, -0.15) is 0 Å². The molecule has 1 fully saturated rings. The summed E-state index contributed by atoms with van der Waals surface area (Å²) < 4.78 is 6.21. The summed E-state index contributed by atoms with van der Waals surface area (Å²) in [6.07, 6.45) is 6.18. The number of benzene rings is 2. The van der Waals surface area contributed by atoms with Gasteiger partial charge in [-0.25, -0.2) is 0 Å². The van der Waals surface area contributed by atoms with Crippen molar-refractivity contribution >= 4 is 11.8 Å². The molecule has 1 aliphatic carbocycles. The van der Waals surface area contributed by atoms with Gasteiger partial charge >= 0.3 is 0 Å². The van der Waals surface area contributed by atoms with E-state index in [-0.39, 0.29) is 23.8 Å². The molecule has 0 saturated heterocycles. The summed E-state index contributed by atoms with van der Waals surface area (Å²) >= 11 is 0. The second kappa shape index (κ2) is 10.5. The van der Waals surface area contributed by atoms with Crippen molar-refractivity contribution in [2.75, 3.05) is 6.54 Å². The van der Waals surface area contributed by atoms with E-state index in [1.807, 2.05) is 36.1 Å². The topological polar surface area (TPSA) is 71.5 Å². The number of carbonyl (C=O) groups is 2. The van der Waals surface area contributed by atoms with Gasteiger partial charge in [-0.1, -0.05) is 48.9 Å². The van der Waals surface area contributed by atoms with Gasteiger partial charge < -0.3 is 15.0 Å². The first kappa shape index (κ1) is 24.0. The second-order valence-electron chi connectivity index (χ2n) is 9.82. The molecule has 2 aromatic carbocycles. The SMILES string of the molecule is CCC(Oc1ccc2c(c1)C(c1ccc(C)cc1)N(C(=O)C1CC1)CC2)C(=O)NCc1cccnc1. The molecule has 36 heavy (non-hydrogen) atoms. The molecular weight excluding hydrogens is 450 g/mol. The van der Waals surface area contributed by atoms with Gasteiger partial charge in [0.1, 0.15) is 5.75 Å². The zero-order valence-electron chi connectivity index (χ0n) is 20.9. The first-order valence-corrected chi connectivity index (χ1v) is 12.9. The van der Waals surface area contributed by atoms with Crippen LogP contribution < -0.4 is 10.1 Å². The maximum Gasteiger partial charge on any atom is 0.261 e. The van der Waals surface area contributed by atoms with Gasteiger partial charge in [-0.3, -0.25) is 14.6 Å². The predicted molar refractivity (Wildman–Crippen MR) is 138 cm³/mol. The van der Waals surface area contributed by atoms with E-state index >= 15 is 0 Å². The molecule has 0 radical (unpaired) electrons. The Morgan fingerprint density at radius 2 is 1.94 bits per heavy atom. The first-order valence-electron chi connectivity index (χ1n) is 12.9. The number of nitrogens with one attached hydrogen (secondary N) is 1. The van der Waals surface area contributed by atoms with Crippen molar-refractivity contribution in [2.45, 2.75) is 58.2 Å². The molecule has 186 valence electrons. The van der Waals surface area contributed by atoms with Crippen LogP contribution in [0.4, 0.5) is 0 Å². The number of aromatic nitrogens is 1. The highest BCUT2D eigenvalue weighted by Crippen LogP contribution is 2.41. The smallest absolute Gasteiger partial charge is 0.261 e. The van der Waals surface area contributed by atoms with Crippen molar-refractivity contribution in [3.8, 4) is 5.75 Å². The summed E-state index contributed by atoms with van der Waals surface area (Å²) in [4.78, 5) is 32.3. The summed E-state index contributed by atoms with van der Waals surface area (Å²) in [5.74, 6) is 0.903. The van der Waals surface area contributed by atoms with E-state index in [1.165, 1.54) is 11.1 Å². The van der Waals surface area contributed by atoms with Crippen LogP contribution in [0.2, 0.25) is 0 Å². The number of pyridine rings is 1. The molecule has 0 spiro atoms. The van der Waals surface area contributed by atoms with E-state index in [0.717, 1.165) is 42.5 Å². The number of carbonyl (C=O) groups excluding carboxylic acids is 2. The van der Waals surface area contributed by atoms with Gasteiger partial charge in [0.05, 0.1) is 6.04 Å². The number of aryl methyl sites for hydroxylation is 1. The van der Waals surface area contributed by atoms with Gasteiger partial charge in [0.2, 0.25) is 5.91 Å². The normalized spacial score (nSPS) is 17.7. The Bertz CT molecular complexity index is 1220. The Morgan fingerprint density at radius 3 is 2.64 bits per heavy atom. The number of ether oxygens (including phenoxy) is 1. The fraction of sp³-hybridized carbons (Fsp3) is 0.367. The lowest BCUT2D eigenvalue weighted by atomic mass is 9.87. The highest BCUT2D eigenvalue weighted by molar-refractivity contribution is 5.82. The zero-order valence-corrected chi connectivity index (χ0v) is 20.9. The van der Waals surface area contributed by atoms with Crippen molar-refractivity contribution in [3.63, 3.8) is 0 Å². The zero-order chi connectivity index (χ0) is 25.1. The largest absolute Gasteiger partial charge is 0.481 e. The molecule has 2 unspecified atom stereocenters. The lowest BCUT2D eigenvalue weighted by molar-refractivity contribution is -0.134. The van der Waals surface area contributed by atoms with Crippen molar-refractivity contribution < 1.29 is 14.3 Å². The molecule has 3 aromatic rings. The van der Waals surface area contributed by atoms with Crippen LogP contribution in [-0.4, -0.2) is 34.3 Å². The average Bonchev–Trinajstić information content (AvgIpc) is 3.76. The molecule has 5 rings (SSSR count). The van der Waals surface area contributed by atoms with Crippen LogP contribution in [0.3, 0.4) is 0 Å². The minimum atomic E-state index is -0.606. The molecular formula is C30H33N3O3. The Hall–Kier alpha value is -3.67. The number of hydrogen-bond acceptors (Lipinski definition) is 4. The standard InChI is InChI=1S/C30H33N3O3/c1-3-27(29(34)32-19-21-5-4-15-31-18-21)36-25-13-12-22-14-16-33(30(35)24-10-11-24)28(26(22)17-25)23-8-6-20(2)7-9-23/h4-9,12-13,15,17-18,24,27-28H,3,10-11,14,16,19H2,1-2H3,(H,32,34). The van der Waals surface area contributed by atoms with Gasteiger partial charge in [0.15, 0.2) is 6.10 Å². The molecule has 1 N–H and O–H groups in total. The first-order chi connectivity index (χ1) is 17.5. The average molecular weight is 484 g/mol. The van der Waals surface area contributed by atoms with Gasteiger partial charge in [0, 0.05) is 31.4 Å². The molecule has 0 bridgehead atoms. The fourth-order valence-corrected chi connectivity index (χ4v) is 4.87. The van der Waals surface area contributed by atoms with Crippen molar-refractivity contribution in [3.05, 3.63) is 94.8 Å². The summed E-state index contributed by atoms with van der Waals surface area (Å²) in [6.45, 7) is 5.14. The lowest BCUT2D eigenvalue weighted by Crippen LogP contribution is -2.41. The van der Waals surface area contributed by atoms with Gasteiger partial charge in [-0.15, -0.1) is 0 Å². The second-order valence-corrected chi connectivity index (χ2v) is 9.82. The molecule has 2 atom stereocenters. The number of nitrogens with zero attached hydrogens (tertiary/aromatic N) is 2. The minimum Gasteiger partial charge on any atom is -0.481 e. The Kier molecular flexibility index (Phi) is 7.03. The molecule has 6 heteroatoms. The van der Waals surface area contributed by atoms with Crippen LogP contribution in [-0.2, 0) is 22.6 Å². The van der Waals surface area contributed by atoms with Crippen LogP contribution in [0.1, 0.15) is 60.0 Å². The molecule has 2 amide bonds. The maximum absolute atomic E-state index is 13.2. The Balaban J connectivity index is 1.39. The Morgan fingerprint density at radius 1 is 1.14 bits per heavy atom. The van der Waals surface area contributed by atoms with E-state index in [0.29, 0.717) is 18.7 Å². The highest BCUT2D eigenvalue weighted by Gasteiger charge is 2.39. The van der Waals surface area contributed by atoms with E-state index in [1.54, 1.807) is 12.4 Å². The molecule has 2 aliphatic rings. The third-order valence-corrected chi connectivity index (χ3v) is 7.08. The summed E-state index contributed by atoms with van der Waals surface area (Å²) in [5.41, 5.74) is 5.55. The van der Waals surface area contributed by atoms with Crippen molar-refractivity contribution in [1.29, 1.82) is 0 Å². The lowest BCUT2D eigenvalue weighted by Gasteiger charge is -2.38. The van der Waals surface area contributed by atoms with E-state index in [4.69, 9.17) is 4.74 Å². The quantitative estimate of drug-likeness (QED) is 0.502. The number of rotatable bonds is 8. The highest BCUT2D eigenvalue weighted by atomic mass is 16.5. The summed E-state index contributed by atoms with van der Waals surface area (Å²) in [5, 5.41) is 2.96. The van der Waals surface area contributed by atoms with E-state index in [2.05, 4.69) is 47.6 Å². The molecule has 6 nitrogen and oxygen atoms in total. The molecule has 1 saturated carbocycles. The van der Waals surface area contributed by atoms with Gasteiger partial charge in [0.25, 0.3) is 5.91 Å². The Labute approximate surface area is 212 Å². The van der Waals surface area contributed by atoms with Crippen molar-refractivity contribution in [2.24, 2.45) is 5.92 Å². The van der Waals surface area contributed by atoms with E-state index in [9.17, 15) is 9.59 Å². The predicted octanol–water partition coefficient (Wildman–Crippen LogP) is 4.75.